The summed E-state index contributed by atoms with van der Waals surface area (Å²) in [7, 11) is 0. The lowest BCUT2D eigenvalue weighted by Gasteiger charge is -2.10. The van der Waals surface area contributed by atoms with Crippen LogP contribution in [0.5, 0.6) is 17.2 Å². The zero-order chi connectivity index (χ0) is 24.5. The van der Waals surface area contributed by atoms with Crippen LogP contribution < -0.4 is 20.1 Å². The van der Waals surface area contributed by atoms with Crippen molar-refractivity contribution in [3.05, 3.63) is 97.1 Å². The minimum Gasteiger partial charge on any atom is -0.494 e. The van der Waals surface area contributed by atoms with Gasteiger partial charge in [-0.3, -0.25) is 9.59 Å². The SMILES string of the molecule is CCOc1ccc(Oc2ccc(NC(=O)c3cccc(NC(=O)CCn4ccnc4)c3)cc2)cc1. The number of benzene rings is 3. The number of hydrogen-bond donors (Lipinski definition) is 2. The average molecular weight is 471 g/mol. The smallest absolute Gasteiger partial charge is 0.255 e. The molecule has 0 atom stereocenters. The molecule has 2 N–H and O–H groups in total. The summed E-state index contributed by atoms with van der Waals surface area (Å²) in [6.45, 7) is 3.08. The molecule has 8 nitrogen and oxygen atoms in total. The molecule has 0 saturated heterocycles. The number of rotatable bonds is 10. The Kier molecular flexibility index (Phi) is 7.75. The molecule has 0 bridgehead atoms. The first-order chi connectivity index (χ1) is 17.1. The molecule has 4 rings (SSSR count). The number of amides is 2. The van der Waals surface area contributed by atoms with E-state index >= 15 is 0 Å². The van der Waals surface area contributed by atoms with Gasteiger partial charge in [-0.15, -0.1) is 0 Å². The molecular formula is C27H26N4O4. The molecule has 2 amide bonds. The van der Waals surface area contributed by atoms with E-state index in [1.807, 2.05) is 35.8 Å². The van der Waals surface area contributed by atoms with Gasteiger partial charge in [0.25, 0.3) is 5.91 Å². The lowest BCUT2D eigenvalue weighted by atomic mass is 10.1. The number of carbonyl (C=O) groups excluding carboxylic acids is 2. The standard InChI is InChI=1S/C27H26N4O4/c1-2-34-23-10-12-25(13-11-23)35-24-8-6-21(7-9-24)30-27(33)20-4-3-5-22(18-20)29-26(32)14-16-31-17-15-28-19-31/h3-13,15,17-19H,2,14,16H2,1H3,(H,29,32)(H,30,33). The van der Waals surface area contributed by atoms with Crippen LogP contribution in [0.4, 0.5) is 11.4 Å². The predicted octanol–water partition coefficient (Wildman–Crippen LogP) is 5.36. The van der Waals surface area contributed by atoms with Gasteiger partial charge < -0.3 is 24.7 Å². The maximum atomic E-state index is 12.7. The van der Waals surface area contributed by atoms with E-state index in [-0.39, 0.29) is 11.8 Å². The zero-order valence-corrected chi connectivity index (χ0v) is 19.3. The molecule has 1 heterocycles. The summed E-state index contributed by atoms with van der Waals surface area (Å²) in [5, 5.41) is 5.69. The van der Waals surface area contributed by atoms with Crippen LogP contribution in [0.25, 0.3) is 0 Å². The van der Waals surface area contributed by atoms with E-state index in [0.717, 1.165) is 5.75 Å². The van der Waals surface area contributed by atoms with Crippen molar-refractivity contribution in [2.24, 2.45) is 0 Å². The average Bonchev–Trinajstić information content (AvgIpc) is 3.39. The number of carbonyl (C=O) groups is 2. The van der Waals surface area contributed by atoms with Gasteiger partial charge in [0, 0.05) is 42.3 Å². The predicted molar refractivity (Wildman–Crippen MR) is 134 cm³/mol. The Labute approximate surface area is 203 Å². The Morgan fingerprint density at radius 1 is 0.886 bits per heavy atom. The van der Waals surface area contributed by atoms with Crippen molar-refractivity contribution in [3.63, 3.8) is 0 Å². The number of aromatic nitrogens is 2. The molecule has 3 aromatic carbocycles. The Balaban J connectivity index is 1.30. The summed E-state index contributed by atoms with van der Waals surface area (Å²) >= 11 is 0. The fourth-order valence-electron chi connectivity index (χ4n) is 3.33. The molecule has 0 spiro atoms. The van der Waals surface area contributed by atoms with Gasteiger partial charge in [-0.2, -0.15) is 0 Å². The van der Waals surface area contributed by atoms with E-state index in [4.69, 9.17) is 9.47 Å². The van der Waals surface area contributed by atoms with Crippen molar-refractivity contribution in [2.75, 3.05) is 17.2 Å². The molecule has 0 unspecified atom stereocenters. The summed E-state index contributed by atoms with van der Waals surface area (Å²) in [5.41, 5.74) is 1.63. The summed E-state index contributed by atoms with van der Waals surface area (Å²) in [6.07, 6.45) is 5.44. The fourth-order valence-corrected chi connectivity index (χ4v) is 3.33. The highest BCUT2D eigenvalue weighted by atomic mass is 16.5. The third kappa shape index (κ3) is 6.94. The van der Waals surface area contributed by atoms with Gasteiger partial charge in [0.1, 0.15) is 17.2 Å². The van der Waals surface area contributed by atoms with Gasteiger partial charge in [0.15, 0.2) is 0 Å². The van der Waals surface area contributed by atoms with E-state index in [0.29, 0.717) is 48.0 Å². The van der Waals surface area contributed by atoms with Gasteiger partial charge in [-0.1, -0.05) is 6.07 Å². The summed E-state index contributed by atoms with van der Waals surface area (Å²) in [5.74, 6) is 1.71. The van der Waals surface area contributed by atoms with Crippen molar-refractivity contribution < 1.29 is 19.1 Å². The third-order valence-corrected chi connectivity index (χ3v) is 5.05. The van der Waals surface area contributed by atoms with E-state index in [1.54, 1.807) is 67.3 Å². The number of nitrogens with zero attached hydrogens (tertiary/aromatic N) is 2. The van der Waals surface area contributed by atoms with Crippen LogP contribution in [0.1, 0.15) is 23.7 Å². The summed E-state index contributed by atoms with van der Waals surface area (Å²) in [4.78, 5) is 28.9. The quantitative estimate of drug-likeness (QED) is 0.326. The highest BCUT2D eigenvalue weighted by Crippen LogP contribution is 2.25. The third-order valence-electron chi connectivity index (χ3n) is 5.05. The molecule has 0 aliphatic rings. The molecular weight excluding hydrogens is 444 g/mol. The first-order valence-electron chi connectivity index (χ1n) is 11.3. The van der Waals surface area contributed by atoms with E-state index in [1.165, 1.54) is 0 Å². The van der Waals surface area contributed by atoms with Crippen molar-refractivity contribution in [1.82, 2.24) is 9.55 Å². The highest BCUT2D eigenvalue weighted by Gasteiger charge is 2.09. The van der Waals surface area contributed by atoms with Gasteiger partial charge in [-0.05, 0) is 73.7 Å². The van der Waals surface area contributed by atoms with E-state index in [9.17, 15) is 9.59 Å². The van der Waals surface area contributed by atoms with Gasteiger partial charge >= 0.3 is 0 Å². The Hall–Kier alpha value is -4.59. The molecule has 35 heavy (non-hydrogen) atoms. The summed E-state index contributed by atoms with van der Waals surface area (Å²) < 4.78 is 13.1. The maximum Gasteiger partial charge on any atom is 0.255 e. The highest BCUT2D eigenvalue weighted by molar-refractivity contribution is 6.05. The molecule has 4 aromatic rings. The molecule has 8 heteroatoms. The summed E-state index contributed by atoms with van der Waals surface area (Å²) in [6, 6.07) is 21.3. The van der Waals surface area contributed by atoms with Crippen LogP contribution >= 0.6 is 0 Å². The second-order valence-electron chi connectivity index (χ2n) is 7.66. The Morgan fingerprint density at radius 3 is 2.29 bits per heavy atom. The second-order valence-corrected chi connectivity index (χ2v) is 7.66. The van der Waals surface area contributed by atoms with Crippen LogP contribution in [-0.4, -0.2) is 28.0 Å². The number of anilines is 2. The first kappa shape index (κ1) is 23.6. The molecule has 0 aliphatic carbocycles. The molecule has 1 aromatic heterocycles. The lowest BCUT2D eigenvalue weighted by Crippen LogP contribution is -2.15. The van der Waals surface area contributed by atoms with Crippen molar-refractivity contribution >= 4 is 23.2 Å². The van der Waals surface area contributed by atoms with Gasteiger partial charge in [0.2, 0.25) is 5.91 Å². The van der Waals surface area contributed by atoms with Crippen molar-refractivity contribution in [1.29, 1.82) is 0 Å². The normalized spacial score (nSPS) is 10.4. The number of ether oxygens (including phenoxy) is 2. The Morgan fingerprint density at radius 2 is 1.60 bits per heavy atom. The minimum atomic E-state index is -0.278. The molecule has 0 fully saturated rings. The van der Waals surface area contributed by atoms with E-state index in [2.05, 4.69) is 15.6 Å². The lowest BCUT2D eigenvalue weighted by molar-refractivity contribution is -0.116. The van der Waals surface area contributed by atoms with E-state index < -0.39 is 0 Å². The zero-order valence-electron chi connectivity index (χ0n) is 19.3. The van der Waals surface area contributed by atoms with Crippen LogP contribution in [0.15, 0.2) is 91.5 Å². The van der Waals surface area contributed by atoms with Crippen LogP contribution in [0, 0.1) is 0 Å². The number of imidazole rings is 1. The maximum absolute atomic E-state index is 12.7. The second kappa shape index (κ2) is 11.5. The molecule has 0 saturated carbocycles. The van der Waals surface area contributed by atoms with Gasteiger partial charge in [0.05, 0.1) is 12.9 Å². The first-order valence-corrected chi connectivity index (χ1v) is 11.3. The fraction of sp³-hybridized carbons (Fsp3) is 0.148. The number of hydrogen-bond acceptors (Lipinski definition) is 5. The number of nitrogens with one attached hydrogen (secondary N) is 2. The number of aryl methyl sites for hydroxylation is 1. The molecule has 178 valence electrons. The van der Waals surface area contributed by atoms with Crippen LogP contribution in [0.3, 0.4) is 0 Å². The minimum absolute atomic E-state index is 0.139. The molecule has 0 radical (unpaired) electrons. The van der Waals surface area contributed by atoms with Crippen LogP contribution in [0.2, 0.25) is 0 Å². The monoisotopic (exact) mass is 470 g/mol. The van der Waals surface area contributed by atoms with Crippen molar-refractivity contribution in [2.45, 2.75) is 19.9 Å². The molecule has 0 aliphatic heterocycles. The topological polar surface area (TPSA) is 94.5 Å². The largest absolute Gasteiger partial charge is 0.494 e. The Bertz CT molecular complexity index is 1250. The van der Waals surface area contributed by atoms with Crippen molar-refractivity contribution in [3.8, 4) is 17.2 Å². The van der Waals surface area contributed by atoms with Crippen LogP contribution in [-0.2, 0) is 11.3 Å². The van der Waals surface area contributed by atoms with Gasteiger partial charge in [-0.25, -0.2) is 4.98 Å².